The number of carbonyl (C=O) groups is 2. The molecule has 7 heteroatoms. The fourth-order valence-electron chi connectivity index (χ4n) is 2.05. The first-order valence-corrected chi connectivity index (χ1v) is 7.54. The molecule has 0 saturated carbocycles. The number of rotatable bonds is 6. The van der Waals surface area contributed by atoms with Gasteiger partial charge in [0.25, 0.3) is 0 Å². The third kappa shape index (κ3) is 5.28. The maximum atomic E-state index is 12.0. The quantitative estimate of drug-likeness (QED) is 0.752. The zero-order valence-corrected chi connectivity index (χ0v) is 13.7. The lowest BCUT2D eigenvalue weighted by Crippen LogP contribution is -2.39. The van der Waals surface area contributed by atoms with Crippen LogP contribution in [0.1, 0.15) is 5.56 Å². The van der Waals surface area contributed by atoms with Crippen LogP contribution in [0.2, 0.25) is 0 Å². The average molecular weight is 327 g/mol. The van der Waals surface area contributed by atoms with Gasteiger partial charge in [0.1, 0.15) is 0 Å². The molecule has 0 saturated heterocycles. The summed E-state index contributed by atoms with van der Waals surface area (Å²) >= 11 is 0. The molecule has 0 atom stereocenters. The van der Waals surface area contributed by atoms with Crippen molar-refractivity contribution in [3.8, 4) is 0 Å². The van der Waals surface area contributed by atoms with Crippen LogP contribution >= 0.6 is 0 Å². The van der Waals surface area contributed by atoms with Gasteiger partial charge in [0.05, 0.1) is 12.2 Å². The summed E-state index contributed by atoms with van der Waals surface area (Å²) in [5, 5.41) is 7.96. The number of pyridine rings is 1. The van der Waals surface area contributed by atoms with Gasteiger partial charge in [-0.3, -0.25) is 4.79 Å². The van der Waals surface area contributed by atoms with E-state index < -0.39 is 6.03 Å². The van der Waals surface area contributed by atoms with Crippen LogP contribution in [0, 0.1) is 0 Å². The molecule has 2 aromatic rings. The lowest BCUT2D eigenvalue weighted by atomic mass is 10.2. The van der Waals surface area contributed by atoms with Gasteiger partial charge in [-0.15, -0.1) is 0 Å². The molecule has 1 heterocycles. The van der Waals surface area contributed by atoms with Crippen molar-refractivity contribution in [1.29, 1.82) is 0 Å². The zero-order chi connectivity index (χ0) is 17.4. The van der Waals surface area contributed by atoms with Crippen molar-refractivity contribution in [2.75, 3.05) is 30.9 Å². The highest BCUT2D eigenvalue weighted by molar-refractivity contribution is 5.96. The van der Waals surface area contributed by atoms with Crippen LogP contribution in [0.15, 0.2) is 48.7 Å². The Morgan fingerprint density at radius 2 is 1.79 bits per heavy atom. The Hall–Kier alpha value is -3.09. The molecule has 0 unspecified atom stereocenters. The second-order valence-electron chi connectivity index (χ2n) is 5.34. The number of benzene rings is 1. The molecule has 0 spiro atoms. The second kappa shape index (κ2) is 8.52. The Morgan fingerprint density at radius 3 is 2.50 bits per heavy atom. The van der Waals surface area contributed by atoms with Gasteiger partial charge < -0.3 is 20.9 Å². The van der Waals surface area contributed by atoms with Gasteiger partial charge in [-0.1, -0.05) is 30.3 Å². The van der Waals surface area contributed by atoms with E-state index in [1.165, 1.54) is 0 Å². The highest BCUT2D eigenvalue weighted by atomic mass is 16.2. The Kier molecular flexibility index (Phi) is 6.13. The maximum Gasteiger partial charge on any atom is 0.315 e. The van der Waals surface area contributed by atoms with E-state index in [0.29, 0.717) is 18.1 Å². The summed E-state index contributed by atoms with van der Waals surface area (Å²) in [6, 6.07) is 12.6. The van der Waals surface area contributed by atoms with Gasteiger partial charge in [0.2, 0.25) is 5.91 Å². The number of urea groups is 1. The van der Waals surface area contributed by atoms with Crippen LogP contribution in [-0.4, -0.2) is 37.6 Å². The minimum absolute atomic E-state index is 0.123. The van der Waals surface area contributed by atoms with Crippen LogP contribution in [0.4, 0.5) is 16.3 Å². The lowest BCUT2D eigenvalue weighted by molar-refractivity contribution is -0.115. The predicted molar refractivity (Wildman–Crippen MR) is 93.9 cm³/mol. The fourth-order valence-corrected chi connectivity index (χ4v) is 2.05. The summed E-state index contributed by atoms with van der Waals surface area (Å²) in [7, 11) is 3.68. The summed E-state index contributed by atoms with van der Waals surface area (Å²) in [6.45, 7) is 0.282. The predicted octanol–water partition coefficient (Wildman–Crippen LogP) is 1.59. The lowest BCUT2D eigenvalue weighted by Gasteiger charge is -2.16. The molecular formula is C17H21N5O2. The Balaban J connectivity index is 1.78. The molecule has 2 rings (SSSR count). The number of hydrogen-bond acceptors (Lipinski definition) is 4. The largest absolute Gasteiger partial charge is 0.361 e. The normalized spacial score (nSPS) is 9.92. The number of hydrogen-bond donors (Lipinski definition) is 3. The van der Waals surface area contributed by atoms with Gasteiger partial charge >= 0.3 is 6.03 Å². The number of anilines is 2. The van der Waals surface area contributed by atoms with E-state index in [4.69, 9.17) is 0 Å². The van der Waals surface area contributed by atoms with Gasteiger partial charge in [-0.2, -0.15) is 0 Å². The number of nitrogens with one attached hydrogen (secondary N) is 3. The van der Waals surface area contributed by atoms with Crippen molar-refractivity contribution in [3.63, 3.8) is 0 Å². The fraction of sp³-hybridized carbons (Fsp3) is 0.235. The van der Waals surface area contributed by atoms with Crippen LogP contribution in [-0.2, 0) is 11.3 Å². The zero-order valence-electron chi connectivity index (χ0n) is 13.7. The Morgan fingerprint density at radius 1 is 1.04 bits per heavy atom. The van der Waals surface area contributed by atoms with Crippen molar-refractivity contribution in [3.05, 3.63) is 54.2 Å². The van der Waals surface area contributed by atoms with Crippen molar-refractivity contribution in [2.24, 2.45) is 0 Å². The summed E-state index contributed by atoms with van der Waals surface area (Å²) in [4.78, 5) is 29.7. The first-order valence-electron chi connectivity index (χ1n) is 7.54. The number of nitrogens with zero attached hydrogens (tertiary/aromatic N) is 2. The van der Waals surface area contributed by atoms with E-state index in [0.717, 1.165) is 5.56 Å². The minimum Gasteiger partial charge on any atom is -0.361 e. The monoisotopic (exact) mass is 327 g/mol. The third-order valence-corrected chi connectivity index (χ3v) is 3.19. The van der Waals surface area contributed by atoms with Gasteiger partial charge in [0.15, 0.2) is 5.82 Å². The van der Waals surface area contributed by atoms with Crippen LogP contribution in [0.5, 0.6) is 0 Å². The molecule has 0 fully saturated rings. The number of aromatic nitrogens is 1. The van der Waals surface area contributed by atoms with E-state index in [2.05, 4.69) is 20.9 Å². The molecule has 3 N–H and O–H groups in total. The van der Waals surface area contributed by atoms with Gasteiger partial charge in [-0.25, -0.2) is 9.78 Å². The SMILES string of the molecule is CN(C)c1ncccc1NC(=O)CNC(=O)NCc1ccccc1. The van der Waals surface area contributed by atoms with E-state index in [1.807, 2.05) is 44.4 Å². The van der Waals surface area contributed by atoms with Crippen molar-refractivity contribution in [2.45, 2.75) is 6.54 Å². The summed E-state index contributed by atoms with van der Waals surface area (Å²) < 4.78 is 0. The number of amides is 3. The molecule has 126 valence electrons. The maximum absolute atomic E-state index is 12.0. The first kappa shape index (κ1) is 17.3. The molecule has 1 aromatic heterocycles. The van der Waals surface area contributed by atoms with E-state index in [-0.39, 0.29) is 12.5 Å². The first-order chi connectivity index (χ1) is 11.6. The highest BCUT2D eigenvalue weighted by Crippen LogP contribution is 2.19. The molecular weight excluding hydrogens is 306 g/mol. The summed E-state index contributed by atoms with van der Waals surface area (Å²) in [5.41, 5.74) is 1.59. The van der Waals surface area contributed by atoms with Gasteiger partial charge in [-0.05, 0) is 17.7 Å². The molecule has 0 radical (unpaired) electrons. The average Bonchev–Trinajstić information content (AvgIpc) is 2.59. The molecule has 7 nitrogen and oxygen atoms in total. The smallest absolute Gasteiger partial charge is 0.315 e. The minimum atomic E-state index is -0.395. The summed E-state index contributed by atoms with van der Waals surface area (Å²) in [6.07, 6.45) is 1.65. The summed E-state index contributed by atoms with van der Waals surface area (Å²) in [5.74, 6) is 0.334. The highest BCUT2D eigenvalue weighted by Gasteiger charge is 2.10. The molecule has 3 amide bonds. The van der Waals surface area contributed by atoms with Crippen molar-refractivity contribution < 1.29 is 9.59 Å². The van der Waals surface area contributed by atoms with Crippen LogP contribution < -0.4 is 20.9 Å². The van der Waals surface area contributed by atoms with Crippen molar-refractivity contribution in [1.82, 2.24) is 15.6 Å². The molecule has 0 aliphatic rings. The molecule has 0 aliphatic heterocycles. The Labute approximate surface area is 141 Å². The molecule has 1 aromatic carbocycles. The third-order valence-electron chi connectivity index (χ3n) is 3.19. The molecule has 0 bridgehead atoms. The number of carbonyl (C=O) groups excluding carboxylic acids is 2. The Bertz CT molecular complexity index is 688. The van der Waals surface area contributed by atoms with Crippen LogP contribution in [0.3, 0.4) is 0 Å². The standard InChI is InChI=1S/C17H21N5O2/c1-22(2)16-14(9-6-10-18-16)21-15(23)12-20-17(24)19-11-13-7-4-3-5-8-13/h3-10H,11-12H2,1-2H3,(H,21,23)(H2,19,20,24). The van der Waals surface area contributed by atoms with Gasteiger partial charge in [0, 0.05) is 26.8 Å². The van der Waals surface area contributed by atoms with E-state index in [9.17, 15) is 9.59 Å². The van der Waals surface area contributed by atoms with E-state index in [1.54, 1.807) is 23.2 Å². The van der Waals surface area contributed by atoms with E-state index >= 15 is 0 Å². The molecule has 0 aliphatic carbocycles. The molecule has 24 heavy (non-hydrogen) atoms. The van der Waals surface area contributed by atoms with Crippen molar-refractivity contribution >= 4 is 23.4 Å². The topological polar surface area (TPSA) is 86.4 Å². The second-order valence-corrected chi connectivity index (χ2v) is 5.34. The van der Waals surface area contributed by atoms with Crippen LogP contribution in [0.25, 0.3) is 0 Å².